The van der Waals surface area contributed by atoms with Crippen molar-refractivity contribution in [1.29, 1.82) is 0 Å². The Kier molecular flexibility index (Phi) is 7.81. The number of hydrogen-bond acceptors (Lipinski definition) is 1. The third-order valence-corrected chi connectivity index (χ3v) is 4.58. The molecular weight excluding hydrogens is 280 g/mol. The summed E-state index contributed by atoms with van der Waals surface area (Å²) in [5, 5.41) is 0. The first kappa shape index (κ1) is 17.7. The van der Waals surface area contributed by atoms with Gasteiger partial charge in [-0.25, -0.2) is 0 Å². The molecule has 124 valence electrons. The molecule has 0 bridgehead atoms. The summed E-state index contributed by atoms with van der Waals surface area (Å²) in [6, 6.07) is 8.06. The molecular formula is C22H30O. The average Bonchev–Trinajstić information content (AvgIpc) is 2.59. The predicted molar refractivity (Wildman–Crippen MR) is 98.6 cm³/mol. The molecule has 0 aliphatic heterocycles. The van der Waals surface area contributed by atoms with Gasteiger partial charge >= 0.3 is 0 Å². The van der Waals surface area contributed by atoms with Gasteiger partial charge in [0.25, 0.3) is 0 Å². The van der Waals surface area contributed by atoms with Crippen LogP contribution in [0, 0.1) is 23.7 Å². The summed E-state index contributed by atoms with van der Waals surface area (Å²) in [6.07, 6.45) is 13.6. The highest BCUT2D eigenvalue weighted by Gasteiger charge is 2.18. The Labute approximate surface area is 142 Å². The maximum atomic E-state index is 5.58. The Bertz CT molecular complexity index is 521. The van der Waals surface area contributed by atoms with Crippen LogP contribution in [0.1, 0.15) is 64.4 Å². The summed E-state index contributed by atoms with van der Waals surface area (Å²) >= 11 is 0. The van der Waals surface area contributed by atoms with Crippen molar-refractivity contribution in [2.45, 2.75) is 58.8 Å². The van der Waals surface area contributed by atoms with Gasteiger partial charge in [-0.2, -0.15) is 0 Å². The van der Waals surface area contributed by atoms with Gasteiger partial charge in [-0.05, 0) is 74.3 Å². The van der Waals surface area contributed by atoms with E-state index in [2.05, 4.69) is 31.8 Å². The fourth-order valence-corrected chi connectivity index (χ4v) is 3.24. The Morgan fingerprint density at radius 2 is 1.78 bits per heavy atom. The molecule has 1 heteroatoms. The normalized spacial score (nSPS) is 21.0. The van der Waals surface area contributed by atoms with E-state index < -0.39 is 0 Å². The fraction of sp³-hybridized carbons (Fsp3) is 0.545. The molecule has 1 nitrogen and oxygen atoms in total. The van der Waals surface area contributed by atoms with Gasteiger partial charge in [0.15, 0.2) is 0 Å². The maximum Gasteiger partial charge on any atom is 0.119 e. The zero-order valence-electron chi connectivity index (χ0n) is 14.7. The second kappa shape index (κ2) is 10.2. The van der Waals surface area contributed by atoms with Crippen LogP contribution >= 0.6 is 0 Å². The first-order valence-corrected chi connectivity index (χ1v) is 9.22. The van der Waals surface area contributed by atoms with Gasteiger partial charge in [0.2, 0.25) is 0 Å². The van der Waals surface area contributed by atoms with Crippen LogP contribution < -0.4 is 4.74 Å². The molecule has 1 fully saturated rings. The largest absolute Gasteiger partial charge is 0.494 e. The van der Waals surface area contributed by atoms with Crippen molar-refractivity contribution in [2.24, 2.45) is 11.8 Å². The predicted octanol–water partition coefficient (Wildman–Crippen LogP) is 5.99. The minimum absolute atomic E-state index is 0.738. The summed E-state index contributed by atoms with van der Waals surface area (Å²) in [4.78, 5) is 0. The van der Waals surface area contributed by atoms with Crippen molar-refractivity contribution in [1.82, 2.24) is 0 Å². The minimum Gasteiger partial charge on any atom is -0.494 e. The van der Waals surface area contributed by atoms with E-state index in [4.69, 9.17) is 4.74 Å². The molecule has 2 rings (SSSR count). The van der Waals surface area contributed by atoms with Gasteiger partial charge in [-0.3, -0.25) is 0 Å². The molecule has 1 aliphatic carbocycles. The Morgan fingerprint density at radius 1 is 1.04 bits per heavy atom. The van der Waals surface area contributed by atoms with E-state index in [-0.39, 0.29) is 0 Å². The van der Waals surface area contributed by atoms with E-state index >= 15 is 0 Å². The molecule has 0 unspecified atom stereocenters. The molecule has 0 spiro atoms. The van der Waals surface area contributed by atoms with Crippen LogP contribution in [0.4, 0.5) is 0 Å². The molecule has 0 atom stereocenters. The standard InChI is InChI=1S/C22H30O/c1-3-7-19-10-12-20(13-11-19)8-5-6-9-21-14-16-22(17-15-21)23-18-4-2/h5,8,14-17,19-20H,3-4,7,10-13,18H2,1-2H3. The van der Waals surface area contributed by atoms with Crippen LogP contribution in [0.5, 0.6) is 5.75 Å². The Hall–Kier alpha value is -1.68. The van der Waals surface area contributed by atoms with Crippen LogP contribution in [-0.2, 0) is 0 Å². The van der Waals surface area contributed by atoms with Crippen LogP contribution in [0.2, 0.25) is 0 Å². The zero-order chi connectivity index (χ0) is 16.3. The molecule has 0 amide bonds. The van der Waals surface area contributed by atoms with Gasteiger partial charge in [0.05, 0.1) is 6.61 Å². The van der Waals surface area contributed by atoms with Crippen molar-refractivity contribution < 1.29 is 4.74 Å². The van der Waals surface area contributed by atoms with Gasteiger partial charge in [0, 0.05) is 5.56 Å². The smallest absolute Gasteiger partial charge is 0.119 e. The zero-order valence-corrected chi connectivity index (χ0v) is 14.7. The van der Waals surface area contributed by atoms with Crippen molar-refractivity contribution in [3.8, 4) is 17.6 Å². The van der Waals surface area contributed by atoms with Crippen molar-refractivity contribution >= 4 is 0 Å². The lowest BCUT2D eigenvalue weighted by molar-refractivity contribution is 0.294. The average molecular weight is 310 g/mol. The molecule has 23 heavy (non-hydrogen) atoms. The monoisotopic (exact) mass is 310 g/mol. The Balaban J connectivity index is 1.76. The third kappa shape index (κ3) is 6.53. The lowest BCUT2D eigenvalue weighted by atomic mass is 9.80. The second-order valence-electron chi connectivity index (χ2n) is 6.57. The highest BCUT2D eigenvalue weighted by molar-refractivity contribution is 5.40. The second-order valence-corrected chi connectivity index (χ2v) is 6.57. The summed E-state index contributed by atoms with van der Waals surface area (Å²) in [7, 11) is 0. The van der Waals surface area contributed by atoms with E-state index in [0.29, 0.717) is 0 Å². The summed E-state index contributed by atoms with van der Waals surface area (Å²) in [6.45, 7) is 5.18. The van der Waals surface area contributed by atoms with Gasteiger partial charge in [-0.15, -0.1) is 0 Å². The topological polar surface area (TPSA) is 9.23 Å². The Morgan fingerprint density at radius 3 is 2.43 bits per heavy atom. The lowest BCUT2D eigenvalue weighted by Gasteiger charge is -2.26. The maximum absolute atomic E-state index is 5.58. The molecule has 0 heterocycles. The van der Waals surface area contributed by atoms with Crippen LogP contribution in [0.25, 0.3) is 0 Å². The SMILES string of the molecule is CCCOc1ccc(C#CC=CC2CCC(CCC)CC2)cc1. The summed E-state index contributed by atoms with van der Waals surface area (Å²) in [5.74, 6) is 9.02. The molecule has 1 aliphatic rings. The van der Waals surface area contributed by atoms with Crippen molar-refractivity contribution in [3.05, 3.63) is 42.0 Å². The quantitative estimate of drug-likeness (QED) is 0.586. The number of ether oxygens (including phenoxy) is 1. The number of allylic oxidation sites excluding steroid dienone is 2. The summed E-state index contributed by atoms with van der Waals surface area (Å²) < 4.78 is 5.58. The van der Waals surface area contributed by atoms with E-state index in [1.54, 1.807) is 0 Å². The van der Waals surface area contributed by atoms with Crippen LogP contribution in [0.15, 0.2) is 36.4 Å². The van der Waals surface area contributed by atoms with E-state index in [9.17, 15) is 0 Å². The van der Waals surface area contributed by atoms with Crippen LogP contribution in [0.3, 0.4) is 0 Å². The molecule has 0 aromatic heterocycles. The summed E-state index contributed by atoms with van der Waals surface area (Å²) in [5.41, 5.74) is 1.05. The fourth-order valence-electron chi connectivity index (χ4n) is 3.24. The molecule has 1 aromatic carbocycles. The molecule has 0 N–H and O–H groups in total. The molecule has 0 saturated heterocycles. The van der Waals surface area contributed by atoms with Gasteiger partial charge in [0.1, 0.15) is 5.75 Å². The molecule has 1 saturated carbocycles. The third-order valence-electron chi connectivity index (χ3n) is 4.58. The van der Waals surface area contributed by atoms with Crippen molar-refractivity contribution in [2.75, 3.05) is 6.61 Å². The van der Waals surface area contributed by atoms with Crippen LogP contribution in [-0.4, -0.2) is 6.61 Å². The van der Waals surface area contributed by atoms with Gasteiger partial charge in [-0.1, -0.05) is 44.6 Å². The van der Waals surface area contributed by atoms with E-state index in [1.165, 1.54) is 38.5 Å². The lowest BCUT2D eigenvalue weighted by Crippen LogP contribution is -2.12. The number of rotatable bonds is 6. The van der Waals surface area contributed by atoms with E-state index in [1.807, 2.05) is 30.3 Å². The number of benzene rings is 1. The first-order chi connectivity index (χ1) is 11.3. The molecule has 0 radical (unpaired) electrons. The number of hydrogen-bond donors (Lipinski definition) is 0. The van der Waals surface area contributed by atoms with Gasteiger partial charge < -0.3 is 4.74 Å². The first-order valence-electron chi connectivity index (χ1n) is 9.22. The van der Waals surface area contributed by atoms with Crippen molar-refractivity contribution in [3.63, 3.8) is 0 Å². The highest BCUT2D eigenvalue weighted by atomic mass is 16.5. The van der Waals surface area contributed by atoms with E-state index in [0.717, 1.165) is 36.2 Å². The minimum atomic E-state index is 0.738. The highest BCUT2D eigenvalue weighted by Crippen LogP contribution is 2.31. The molecule has 1 aromatic rings.